The van der Waals surface area contributed by atoms with Gasteiger partial charge in [0.2, 0.25) is 11.8 Å². The summed E-state index contributed by atoms with van der Waals surface area (Å²) in [5.41, 5.74) is 1.50. The summed E-state index contributed by atoms with van der Waals surface area (Å²) >= 11 is 1.12. The van der Waals surface area contributed by atoms with Crippen LogP contribution in [-0.2, 0) is 21.1 Å². The van der Waals surface area contributed by atoms with E-state index in [0.717, 1.165) is 11.8 Å². The molecule has 2 aromatic heterocycles. The second-order valence-electron chi connectivity index (χ2n) is 7.02. The number of H-pyrrole nitrogens is 2. The van der Waals surface area contributed by atoms with Gasteiger partial charge in [-0.3, -0.25) is 4.79 Å². The van der Waals surface area contributed by atoms with Crippen molar-refractivity contribution in [3.8, 4) is 0 Å². The van der Waals surface area contributed by atoms with Gasteiger partial charge in [0, 0.05) is 12.1 Å². The first-order valence-corrected chi connectivity index (χ1v) is 11.7. The molecule has 0 unspecified atom stereocenters. The zero-order valence-electron chi connectivity index (χ0n) is 15.5. The number of carbonyl (C=O) groups excluding carboxylic acids is 1. The van der Waals surface area contributed by atoms with Crippen molar-refractivity contribution in [3.63, 3.8) is 0 Å². The number of carbonyl (C=O) groups is 1. The van der Waals surface area contributed by atoms with Gasteiger partial charge in [-0.1, -0.05) is 11.8 Å². The number of rotatable bonds is 6. The molecule has 0 bridgehead atoms. The van der Waals surface area contributed by atoms with Crippen molar-refractivity contribution in [2.75, 3.05) is 16.8 Å². The molecule has 1 fully saturated rings. The Labute approximate surface area is 169 Å². The van der Waals surface area contributed by atoms with Gasteiger partial charge in [0.25, 0.3) is 5.22 Å². The third kappa shape index (κ3) is 4.70. The Morgan fingerprint density at radius 3 is 2.90 bits per heavy atom. The van der Waals surface area contributed by atoms with Crippen molar-refractivity contribution in [2.24, 2.45) is 5.92 Å². The third-order valence-electron chi connectivity index (χ3n) is 4.67. The molecule has 0 radical (unpaired) electrons. The molecule has 4 rings (SSSR count). The summed E-state index contributed by atoms with van der Waals surface area (Å²) in [5, 5.41) is 10.4. The van der Waals surface area contributed by atoms with E-state index in [1.54, 1.807) is 25.1 Å². The number of anilines is 1. The summed E-state index contributed by atoms with van der Waals surface area (Å²) < 4.78 is 28.7. The number of hydrogen-bond donors (Lipinski definition) is 3. The molecule has 1 aliphatic rings. The molecule has 3 heterocycles. The number of amides is 1. The predicted molar refractivity (Wildman–Crippen MR) is 108 cm³/mol. The highest BCUT2D eigenvalue weighted by Gasteiger charge is 2.29. The van der Waals surface area contributed by atoms with Gasteiger partial charge in [-0.05, 0) is 37.5 Å². The van der Waals surface area contributed by atoms with E-state index in [1.807, 2.05) is 0 Å². The molecule has 2 atom stereocenters. The van der Waals surface area contributed by atoms with Gasteiger partial charge in [-0.2, -0.15) is 0 Å². The van der Waals surface area contributed by atoms with Crippen LogP contribution < -0.4 is 11.0 Å². The molecule has 10 nitrogen and oxygen atoms in total. The molecule has 3 aromatic rings. The number of aromatic amines is 2. The van der Waals surface area contributed by atoms with Crippen LogP contribution >= 0.6 is 11.8 Å². The quantitative estimate of drug-likeness (QED) is 0.489. The summed E-state index contributed by atoms with van der Waals surface area (Å²) in [7, 11) is -2.95. The molecule has 1 aromatic carbocycles. The lowest BCUT2D eigenvalue weighted by Gasteiger charge is -2.10. The Bertz CT molecular complexity index is 1210. The number of thioether (sulfide) groups is 1. The SMILES string of the molecule is C[C@@H](Sc1nnc(C[C@@H]2CCS(=O)(=O)C2)o1)C(=O)Nc1ccc2[nH]c(=O)[nH]c2c1. The zero-order chi connectivity index (χ0) is 20.6. The monoisotopic (exact) mass is 437 g/mol. The maximum Gasteiger partial charge on any atom is 0.323 e. The number of nitrogens with one attached hydrogen (secondary N) is 3. The van der Waals surface area contributed by atoms with Crippen LogP contribution in [0.4, 0.5) is 5.69 Å². The summed E-state index contributed by atoms with van der Waals surface area (Å²) in [4.78, 5) is 29.0. The van der Waals surface area contributed by atoms with E-state index in [-0.39, 0.29) is 34.2 Å². The number of imidazole rings is 1. The average Bonchev–Trinajstić information content (AvgIpc) is 3.33. The van der Waals surface area contributed by atoms with Crippen LogP contribution in [0.5, 0.6) is 0 Å². The topological polar surface area (TPSA) is 151 Å². The summed E-state index contributed by atoms with van der Waals surface area (Å²) in [6.07, 6.45) is 1.02. The van der Waals surface area contributed by atoms with E-state index in [9.17, 15) is 18.0 Å². The first kappa shape index (κ1) is 19.7. The molecule has 1 aliphatic heterocycles. The van der Waals surface area contributed by atoms with Crippen LogP contribution in [-0.4, -0.2) is 51.2 Å². The molecule has 0 spiro atoms. The molecule has 1 amide bonds. The van der Waals surface area contributed by atoms with Crippen molar-refractivity contribution >= 4 is 44.2 Å². The molecular formula is C17H19N5O5S2. The third-order valence-corrected chi connectivity index (χ3v) is 7.44. The fraction of sp³-hybridized carbons (Fsp3) is 0.412. The van der Waals surface area contributed by atoms with E-state index in [2.05, 4.69) is 25.5 Å². The van der Waals surface area contributed by atoms with Crippen molar-refractivity contribution in [1.82, 2.24) is 20.2 Å². The van der Waals surface area contributed by atoms with Gasteiger partial charge in [-0.15, -0.1) is 10.2 Å². The highest BCUT2D eigenvalue weighted by atomic mass is 32.2. The Morgan fingerprint density at radius 2 is 2.14 bits per heavy atom. The lowest BCUT2D eigenvalue weighted by Crippen LogP contribution is -2.22. The van der Waals surface area contributed by atoms with Gasteiger partial charge in [0.05, 0.1) is 27.8 Å². The van der Waals surface area contributed by atoms with Crippen molar-refractivity contribution in [1.29, 1.82) is 0 Å². The minimum Gasteiger partial charge on any atom is -0.416 e. The number of benzene rings is 1. The van der Waals surface area contributed by atoms with E-state index >= 15 is 0 Å². The minimum absolute atomic E-state index is 0.00573. The second-order valence-corrected chi connectivity index (χ2v) is 10.5. The standard InChI is InChI=1S/C17H19N5O5S2/c1-9(15(23)18-11-2-3-12-13(7-11)20-16(24)19-12)28-17-22-21-14(27-17)6-10-4-5-29(25,26)8-10/h2-3,7,9-10H,4-6,8H2,1H3,(H,18,23)(H2,19,20,24)/t9-,10+/m1/s1. The number of sulfone groups is 1. The highest BCUT2D eigenvalue weighted by Crippen LogP contribution is 2.26. The predicted octanol–water partition coefficient (Wildman–Crippen LogP) is 1.34. The smallest absolute Gasteiger partial charge is 0.323 e. The van der Waals surface area contributed by atoms with Gasteiger partial charge < -0.3 is 19.7 Å². The molecule has 12 heteroatoms. The Morgan fingerprint density at radius 1 is 1.34 bits per heavy atom. The van der Waals surface area contributed by atoms with Gasteiger partial charge in [0.1, 0.15) is 0 Å². The molecule has 29 heavy (non-hydrogen) atoms. The number of hydrogen-bond acceptors (Lipinski definition) is 8. The van der Waals surface area contributed by atoms with E-state index in [4.69, 9.17) is 4.42 Å². The van der Waals surface area contributed by atoms with Crippen molar-refractivity contribution < 1.29 is 17.6 Å². The minimum atomic E-state index is -2.95. The summed E-state index contributed by atoms with van der Waals surface area (Å²) in [6, 6.07) is 5.07. The average molecular weight is 438 g/mol. The Hall–Kier alpha value is -2.60. The van der Waals surface area contributed by atoms with Crippen LogP contribution in [0.3, 0.4) is 0 Å². The Kier molecular flexibility index (Phi) is 5.21. The second kappa shape index (κ2) is 7.67. The first-order valence-electron chi connectivity index (χ1n) is 9.00. The maximum atomic E-state index is 12.4. The van der Waals surface area contributed by atoms with Crippen LogP contribution in [0.1, 0.15) is 19.2 Å². The lowest BCUT2D eigenvalue weighted by atomic mass is 10.1. The van der Waals surface area contributed by atoms with E-state index < -0.39 is 15.1 Å². The van der Waals surface area contributed by atoms with E-state index in [1.165, 1.54) is 0 Å². The normalized spacial score (nSPS) is 19.4. The first-order chi connectivity index (χ1) is 13.8. The van der Waals surface area contributed by atoms with Gasteiger partial charge in [-0.25, -0.2) is 13.2 Å². The maximum absolute atomic E-state index is 12.4. The molecule has 154 valence electrons. The fourth-order valence-corrected chi connectivity index (χ4v) is 5.77. The Balaban J connectivity index is 1.34. The molecule has 0 aliphatic carbocycles. The van der Waals surface area contributed by atoms with Crippen LogP contribution in [0.2, 0.25) is 0 Å². The number of fused-ring (bicyclic) bond motifs is 1. The molecular weight excluding hydrogens is 418 g/mol. The van der Waals surface area contributed by atoms with Crippen LogP contribution in [0.25, 0.3) is 11.0 Å². The summed E-state index contributed by atoms with van der Waals surface area (Å²) in [5.74, 6) is 0.465. The van der Waals surface area contributed by atoms with Crippen molar-refractivity contribution in [3.05, 3.63) is 34.6 Å². The largest absolute Gasteiger partial charge is 0.416 e. The number of nitrogens with zero attached hydrogens (tertiary/aromatic N) is 2. The van der Waals surface area contributed by atoms with Crippen LogP contribution in [0.15, 0.2) is 32.6 Å². The zero-order valence-corrected chi connectivity index (χ0v) is 17.1. The number of aromatic nitrogens is 4. The van der Waals surface area contributed by atoms with E-state index in [0.29, 0.717) is 35.5 Å². The fourth-order valence-electron chi connectivity index (χ4n) is 3.21. The summed E-state index contributed by atoms with van der Waals surface area (Å²) in [6.45, 7) is 1.71. The van der Waals surface area contributed by atoms with Gasteiger partial charge >= 0.3 is 5.69 Å². The molecule has 3 N–H and O–H groups in total. The molecule has 1 saturated heterocycles. The highest BCUT2D eigenvalue weighted by molar-refractivity contribution is 8.00. The van der Waals surface area contributed by atoms with Crippen LogP contribution in [0, 0.1) is 5.92 Å². The lowest BCUT2D eigenvalue weighted by molar-refractivity contribution is -0.115. The van der Waals surface area contributed by atoms with Crippen molar-refractivity contribution in [2.45, 2.75) is 30.2 Å². The van der Waals surface area contributed by atoms with Gasteiger partial charge in [0.15, 0.2) is 9.84 Å². The molecule has 0 saturated carbocycles.